The van der Waals surface area contributed by atoms with E-state index >= 15 is 0 Å². The first-order chi connectivity index (χ1) is 13.0. The van der Waals surface area contributed by atoms with E-state index in [1.165, 1.54) is 13.8 Å². The topological polar surface area (TPSA) is 135 Å². The van der Waals surface area contributed by atoms with Gasteiger partial charge in [-0.2, -0.15) is 18.2 Å². The van der Waals surface area contributed by atoms with E-state index < -0.39 is 45.3 Å². The molecule has 0 aliphatic rings. The molecule has 0 radical (unpaired) electrons. The minimum Gasteiger partial charge on any atom is -0.504 e. The third kappa shape index (κ3) is 3.31. The van der Waals surface area contributed by atoms with Gasteiger partial charge in [0.2, 0.25) is 11.6 Å². The highest BCUT2D eigenvalue weighted by molar-refractivity contribution is 5.70. The maximum atomic E-state index is 13.4. The van der Waals surface area contributed by atoms with Crippen LogP contribution in [-0.2, 0) is 6.18 Å². The van der Waals surface area contributed by atoms with Gasteiger partial charge in [-0.15, -0.1) is 0 Å². The molecule has 9 nitrogen and oxygen atoms in total. The second kappa shape index (κ2) is 6.48. The molecule has 3 aromatic rings. The molecule has 12 heteroatoms. The molecule has 2 heterocycles. The number of hydrogen-bond donors (Lipinski definition) is 2. The SMILES string of the molecule is Cc1cc(C(F)(F)F)c(-c2nc(-c3cc(O)c(O)c([N+](=O)[O-])c3)no2)c(C)n1. The zero-order valence-electron chi connectivity index (χ0n) is 14.3. The fraction of sp³-hybridized carbons (Fsp3) is 0.188. The molecule has 0 spiro atoms. The van der Waals surface area contributed by atoms with Crippen molar-refractivity contribution in [2.45, 2.75) is 20.0 Å². The molecule has 0 unspecified atom stereocenters. The number of aromatic hydroxyl groups is 2. The first-order valence-corrected chi connectivity index (χ1v) is 7.59. The maximum absolute atomic E-state index is 13.4. The Bertz CT molecular complexity index is 1090. The van der Waals surface area contributed by atoms with Crippen LogP contribution < -0.4 is 0 Å². The largest absolute Gasteiger partial charge is 0.504 e. The van der Waals surface area contributed by atoms with Gasteiger partial charge < -0.3 is 14.7 Å². The lowest BCUT2D eigenvalue weighted by Crippen LogP contribution is -2.10. The van der Waals surface area contributed by atoms with Crippen LogP contribution in [0, 0.1) is 24.0 Å². The molecule has 0 saturated heterocycles. The van der Waals surface area contributed by atoms with Crippen LogP contribution in [0.25, 0.3) is 22.8 Å². The zero-order valence-corrected chi connectivity index (χ0v) is 14.3. The van der Waals surface area contributed by atoms with E-state index in [4.69, 9.17) is 4.52 Å². The number of phenols is 2. The molecule has 28 heavy (non-hydrogen) atoms. The highest BCUT2D eigenvalue weighted by Crippen LogP contribution is 2.41. The molecule has 3 rings (SSSR count). The smallest absolute Gasteiger partial charge is 0.417 e. The Morgan fingerprint density at radius 2 is 1.82 bits per heavy atom. The van der Waals surface area contributed by atoms with Gasteiger partial charge in [-0.05, 0) is 26.0 Å². The number of halogens is 3. The average molecular weight is 396 g/mol. The van der Waals surface area contributed by atoms with Gasteiger partial charge in [-0.1, -0.05) is 5.16 Å². The number of aromatic nitrogens is 3. The van der Waals surface area contributed by atoms with Gasteiger partial charge in [-0.3, -0.25) is 15.1 Å². The summed E-state index contributed by atoms with van der Waals surface area (Å²) in [6.45, 7) is 2.75. The van der Waals surface area contributed by atoms with Crippen molar-refractivity contribution < 1.29 is 32.8 Å². The standard InChI is InChI=1S/C16H11F3N4O5/c1-6-3-9(16(17,18)19)12(7(2)20-6)15-21-14(22-28-15)8-4-10(23(26)27)13(25)11(24)5-8/h3-5,24-25H,1-2H3. The number of hydrogen-bond acceptors (Lipinski definition) is 8. The van der Waals surface area contributed by atoms with Gasteiger partial charge in [-0.25, -0.2) is 0 Å². The van der Waals surface area contributed by atoms with E-state index in [9.17, 15) is 33.5 Å². The Hall–Kier alpha value is -3.70. The number of nitro groups is 1. The number of pyridine rings is 1. The summed E-state index contributed by atoms with van der Waals surface area (Å²) < 4.78 is 45.1. The average Bonchev–Trinajstić information content (AvgIpc) is 3.05. The first kappa shape index (κ1) is 19.1. The van der Waals surface area contributed by atoms with E-state index in [0.29, 0.717) is 0 Å². The van der Waals surface area contributed by atoms with Gasteiger partial charge in [0.15, 0.2) is 5.75 Å². The van der Waals surface area contributed by atoms with E-state index in [-0.39, 0.29) is 22.8 Å². The van der Waals surface area contributed by atoms with Crippen LogP contribution in [0.5, 0.6) is 11.5 Å². The lowest BCUT2D eigenvalue weighted by atomic mass is 10.0. The maximum Gasteiger partial charge on any atom is 0.417 e. The third-order valence-electron chi connectivity index (χ3n) is 3.80. The first-order valence-electron chi connectivity index (χ1n) is 7.59. The Kier molecular flexibility index (Phi) is 4.41. The quantitative estimate of drug-likeness (QED) is 0.388. The van der Waals surface area contributed by atoms with Crippen molar-refractivity contribution in [1.82, 2.24) is 15.1 Å². The summed E-state index contributed by atoms with van der Waals surface area (Å²) in [7, 11) is 0. The van der Waals surface area contributed by atoms with Crippen LogP contribution in [0.3, 0.4) is 0 Å². The second-order valence-electron chi connectivity index (χ2n) is 5.81. The predicted molar refractivity (Wildman–Crippen MR) is 87.4 cm³/mol. The number of aryl methyl sites for hydroxylation is 2. The Balaban J connectivity index is 2.16. The Morgan fingerprint density at radius 3 is 2.43 bits per heavy atom. The van der Waals surface area contributed by atoms with Crippen molar-refractivity contribution >= 4 is 5.69 Å². The van der Waals surface area contributed by atoms with Crippen molar-refractivity contribution in [2.24, 2.45) is 0 Å². The predicted octanol–water partition coefficient (Wildman–Crippen LogP) is 3.75. The summed E-state index contributed by atoms with van der Waals surface area (Å²) in [5.74, 6) is -2.60. The van der Waals surface area contributed by atoms with Crippen LogP contribution in [0.2, 0.25) is 0 Å². The molecule has 2 aromatic heterocycles. The highest BCUT2D eigenvalue weighted by Gasteiger charge is 2.37. The highest BCUT2D eigenvalue weighted by atomic mass is 19.4. The number of alkyl halides is 3. The molecule has 0 saturated carbocycles. The Morgan fingerprint density at radius 1 is 1.14 bits per heavy atom. The summed E-state index contributed by atoms with van der Waals surface area (Å²) >= 11 is 0. The normalized spacial score (nSPS) is 11.6. The van der Waals surface area contributed by atoms with Crippen LogP contribution >= 0.6 is 0 Å². The molecule has 2 N–H and O–H groups in total. The number of rotatable bonds is 3. The van der Waals surface area contributed by atoms with E-state index in [1.807, 2.05) is 0 Å². The van der Waals surface area contributed by atoms with Gasteiger partial charge in [0.25, 0.3) is 5.89 Å². The monoisotopic (exact) mass is 396 g/mol. The zero-order chi connectivity index (χ0) is 20.8. The summed E-state index contributed by atoms with van der Waals surface area (Å²) in [5, 5.41) is 33.6. The Labute approximate surface area is 154 Å². The fourth-order valence-corrected chi connectivity index (χ4v) is 2.64. The van der Waals surface area contributed by atoms with E-state index in [1.54, 1.807) is 0 Å². The summed E-state index contributed by atoms with van der Waals surface area (Å²) in [6, 6.07) is 2.61. The molecule has 146 valence electrons. The van der Waals surface area contributed by atoms with E-state index in [2.05, 4.69) is 15.1 Å². The molecule has 0 bridgehead atoms. The van der Waals surface area contributed by atoms with Crippen LogP contribution in [0.15, 0.2) is 22.7 Å². The van der Waals surface area contributed by atoms with Crippen LogP contribution in [0.4, 0.5) is 18.9 Å². The van der Waals surface area contributed by atoms with Gasteiger partial charge in [0.1, 0.15) is 0 Å². The lowest BCUT2D eigenvalue weighted by Gasteiger charge is -2.13. The van der Waals surface area contributed by atoms with Gasteiger partial charge in [0, 0.05) is 17.3 Å². The van der Waals surface area contributed by atoms with Gasteiger partial charge in [0.05, 0.1) is 21.7 Å². The fourth-order valence-electron chi connectivity index (χ4n) is 2.64. The molecule has 0 atom stereocenters. The lowest BCUT2D eigenvalue weighted by molar-refractivity contribution is -0.385. The van der Waals surface area contributed by atoms with Crippen molar-refractivity contribution in [2.75, 3.05) is 0 Å². The molecular formula is C16H11F3N4O5. The molecule has 0 aliphatic carbocycles. The van der Waals surface area contributed by atoms with Crippen molar-refractivity contribution in [3.05, 3.63) is 45.3 Å². The summed E-state index contributed by atoms with van der Waals surface area (Å²) in [6.07, 6.45) is -4.71. The molecule has 0 fully saturated rings. The van der Waals surface area contributed by atoms with Crippen molar-refractivity contribution in [3.63, 3.8) is 0 Å². The summed E-state index contributed by atoms with van der Waals surface area (Å²) in [5.41, 5.74) is -2.26. The molecular weight excluding hydrogens is 385 g/mol. The third-order valence-corrected chi connectivity index (χ3v) is 3.80. The molecule has 1 aromatic carbocycles. The van der Waals surface area contributed by atoms with Crippen molar-refractivity contribution in [1.29, 1.82) is 0 Å². The minimum atomic E-state index is -4.71. The van der Waals surface area contributed by atoms with E-state index in [0.717, 1.165) is 18.2 Å². The van der Waals surface area contributed by atoms with Crippen molar-refractivity contribution in [3.8, 4) is 34.3 Å². The minimum absolute atomic E-state index is 0.00191. The van der Waals surface area contributed by atoms with Crippen LogP contribution in [0.1, 0.15) is 17.0 Å². The number of benzene rings is 1. The second-order valence-corrected chi connectivity index (χ2v) is 5.81. The number of phenolic OH excluding ortho intramolecular Hbond substituents is 2. The van der Waals surface area contributed by atoms with Gasteiger partial charge >= 0.3 is 11.9 Å². The number of nitrogens with zero attached hydrogens (tertiary/aromatic N) is 4. The molecule has 0 amide bonds. The number of nitro benzene ring substituents is 1. The summed E-state index contributed by atoms with van der Waals surface area (Å²) in [4.78, 5) is 17.8. The van der Waals surface area contributed by atoms with Crippen LogP contribution in [-0.4, -0.2) is 30.3 Å². The molecule has 0 aliphatic heterocycles.